The first-order valence-electron chi connectivity index (χ1n) is 5.22. The van der Waals surface area contributed by atoms with E-state index >= 15 is 0 Å². The van der Waals surface area contributed by atoms with Crippen LogP contribution in [-0.4, -0.2) is 21.0 Å². The Morgan fingerprint density at radius 1 is 1.18 bits per heavy atom. The summed E-state index contributed by atoms with van der Waals surface area (Å²) in [5.41, 5.74) is 2.46. The van der Waals surface area contributed by atoms with Crippen molar-refractivity contribution in [3.8, 4) is 11.1 Å². The molecule has 1 aromatic carbocycles. The van der Waals surface area contributed by atoms with Crippen molar-refractivity contribution in [2.24, 2.45) is 0 Å². The lowest BCUT2D eigenvalue weighted by molar-refractivity contribution is 0.0698. The van der Waals surface area contributed by atoms with Crippen LogP contribution < -0.4 is 0 Å². The van der Waals surface area contributed by atoms with Gasteiger partial charge >= 0.3 is 5.97 Å². The maximum Gasteiger partial charge on any atom is 0.336 e. The Hall–Kier alpha value is -2.23. The molecular formula is C13H12N2O2. The number of carboxylic acid groups (broad SMARTS) is 1. The van der Waals surface area contributed by atoms with Gasteiger partial charge in [0.1, 0.15) is 5.82 Å². The molecule has 0 unspecified atom stereocenters. The second kappa shape index (κ2) is 4.33. The van der Waals surface area contributed by atoms with Crippen molar-refractivity contribution in [3.63, 3.8) is 0 Å². The van der Waals surface area contributed by atoms with Gasteiger partial charge in [0, 0.05) is 17.5 Å². The average Bonchev–Trinajstić information content (AvgIpc) is 2.29. The molecule has 2 rings (SSSR count). The van der Waals surface area contributed by atoms with Crippen LogP contribution in [0.1, 0.15) is 21.9 Å². The van der Waals surface area contributed by atoms with Gasteiger partial charge in [0.2, 0.25) is 0 Å². The number of aryl methyl sites for hydroxylation is 2. The van der Waals surface area contributed by atoms with Gasteiger partial charge in [-0.1, -0.05) is 18.2 Å². The zero-order valence-corrected chi connectivity index (χ0v) is 9.64. The van der Waals surface area contributed by atoms with E-state index in [4.69, 9.17) is 5.11 Å². The van der Waals surface area contributed by atoms with Crippen LogP contribution in [0.25, 0.3) is 11.1 Å². The van der Waals surface area contributed by atoms with Crippen LogP contribution in [0.5, 0.6) is 0 Å². The van der Waals surface area contributed by atoms with E-state index in [0.29, 0.717) is 11.4 Å². The molecule has 4 nitrogen and oxygen atoms in total. The third-order valence-corrected chi connectivity index (χ3v) is 2.55. The minimum atomic E-state index is -0.944. The lowest BCUT2D eigenvalue weighted by Gasteiger charge is -2.08. The Labute approximate surface area is 99.0 Å². The van der Waals surface area contributed by atoms with Gasteiger partial charge in [-0.15, -0.1) is 0 Å². The number of rotatable bonds is 2. The number of carbonyl (C=O) groups is 1. The quantitative estimate of drug-likeness (QED) is 0.857. The Balaban J connectivity index is 2.64. The van der Waals surface area contributed by atoms with E-state index in [1.165, 1.54) is 0 Å². The van der Waals surface area contributed by atoms with Crippen LogP contribution in [0.2, 0.25) is 0 Å². The van der Waals surface area contributed by atoms with Crippen LogP contribution in [0.4, 0.5) is 0 Å². The van der Waals surface area contributed by atoms with Gasteiger partial charge in [0.15, 0.2) is 0 Å². The number of carboxylic acids is 1. The summed E-state index contributed by atoms with van der Waals surface area (Å²) in [5, 5.41) is 9.13. The Morgan fingerprint density at radius 2 is 1.88 bits per heavy atom. The highest BCUT2D eigenvalue weighted by Crippen LogP contribution is 2.25. The van der Waals surface area contributed by atoms with Crippen molar-refractivity contribution in [2.75, 3.05) is 0 Å². The average molecular weight is 228 g/mol. The predicted octanol–water partition coefficient (Wildman–Crippen LogP) is 2.46. The SMILES string of the molecule is Cc1ncc(-c2ccccc2C(=O)O)c(C)n1. The first-order chi connectivity index (χ1) is 8.09. The summed E-state index contributed by atoms with van der Waals surface area (Å²) in [7, 11) is 0. The smallest absolute Gasteiger partial charge is 0.336 e. The van der Waals surface area contributed by atoms with Crippen molar-refractivity contribution in [2.45, 2.75) is 13.8 Å². The molecule has 0 bridgehead atoms. The fourth-order valence-corrected chi connectivity index (χ4v) is 1.75. The highest BCUT2D eigenvalue weighted by Gasteiger charge is 2.13. The van der Waals surface area contributed by atoms with Crippen LogP contribution in [0, 0.1) is 13.8 Å². The Kier molecular flexibility index (Phi) is 2.87. The molecule has 86 valence electrons. The van der Waals surface area contributed by atoms with Gasteiger partial charge < -0.3 is 5.11 Å². The summed E-state index contributed by atoms with van der Waals surface area (Å²) in [4.78, 5) is 19.5. The molecular weight excluding hydrogens is 216 g/mol. The maximum absolute atomic E-state index is 11.1. The second-order valence-corrected chi connectivity index (χ2v) is 3.77. The minimum Gasteiger partial charge on any atom is -0.478 e. The third-order valence-electron chi connectivity index (χ3n) is 2.55. The van der Waals surface area contributed by atoms with E-state index in [1.54, 1.807) is 37.4 Å². The zero-order valence-electron chi connectivity index (χ0n) is 9.64. The zero-order chi connectivity index (χ0) is 12.4. The molecule has 1 aromatic heterocycles. The standard InChI is InChI=1S/C13H12N2O2/c1-8-12(7-14-9(2)15-8)10-5-3-4-6-11(10)13(16)17/h3-7H,1-2H3,(H,16,17). The van der Waals surface area contributed by atoms with Gasteiger partial charge in [0.25, 0.3) is 0 Å². The molecule has 0 aliphatic carbocycles. The fraction of sp³-hybridized carbons (Fsp3) is 0.154. The molecule has 1 N–H and O–H groups in total. The largest absolute Gasteiger partial charge is 0.478 e. The van der Waals surface area contributed by atoms with Crippen molar-refractivity contribution >= 4 is 5.97 Å². The predicted molar refractivity (Wildman–Crippen MR) is 63.9 cm³/mol. The number of hydrogen-bond donors (Lipinski definition) is 1. The summed E-state index contributed by atoms with van der Waals surface area (Å²) >= 11 is 0. The van der Waals surface area contributed by atoms with E-state index in [0.717, 1.165) is 11.3 Å². The maximum atomic E-state index is 11.1. The van der Waals surface area contributed by atoms with Gasteiger partial charge in [0.05, 0.1) is 5.56 Å². The highest BCUT2D eigenvalue weighted by atomic mass is 16.4. The fourth-order valence-electron chi connectivity index (χ4n) is 1.75. The lowest BCUT2D eigenvalue weighted by Crippen LogP contribution is -2.01. The van der Waals surface area contributed by atoms with E-state index in [2.05, 4.69) is 9.97 Å². The molecule has 0 amide bonds. The molecule has 0 fully saturated rings. The van der Waals surface area contributed by atoms with Crippen LogP contribution >= 0.6 is 0 Å². The monoisotopic (exact) mass is 228 g/mol. The first-order valence-corrected chi connectivity index (χ1v) is 5.22. The normalized spacial score (nSPS) is 10.2. The Bertz CT molecular complexity index is 579. The summed E-state index contributed by atoms with van der Waals surface area (Å²) in [6, 6.07) is 6.86. The summed E-state index contributed by atoms with van der Waals surface area (Å²) in [5.74, 6) is -0.264. The van der Waals surface area contributed by atoms with E-state index in [-0.39, 0.29) is 5.56 Å². The van der Waals surface area contributed by atoms with Crippen molar-refractivity contribution in [3.05, 3.63) is 47.5 Å². The Morgan fingerprint density at radius 3 is 2.53 bits per heavy atom. The van der Waals surface area contributed by atoms with Crippen molar-refractivity contribution in [1.29, 1.82) is 0 Å². The van der Waals surface area contributed by atoms with Crippen molar-refractivity contribution < 1.29 is 9.90 Å². The molecule has 4 heteroatoms. The van der Waals surface area contributed by atoms with E-state index in [9.17, 15) is 4.79 Å². The van der Waals surface area contributed by atoms with E-state index in [1.807, 2.05) is 6.92 Å². The van der Waals surface area contributed by atoms with Crippen LogP contribution in [0.3, 0.4) is 0 Å². The summed E-state index contributed by atoms with van der Waals surface area (Å²) < 4.78 is 0. The topological polar surface area (TPSA) is 63.1 Å². The second-order valence-electron chi connectivity index (χ2n) is 3.77. The molecule has 0 spiro atoms. The number of hydrogen-bond acceptors (Lipinski definition) is 3. The number of aromatic carboxylic acids is 1. The molecule has 2 aromatic rings. The molecule has 17 heavy (non-hydrogen) atoms. The molecule has 0 aliphatic rings. The van der Waals surface area contributed by atoms with Crippen LogP contribution in [0.15, 0.2) is 30.5 Å². The van der Waals surface area contributed by atoms with Gasteiger partial charge in [-0.05, 0) is 25.5 Å². The summed E-state index contributed by atoms with van der Waals surface area (Å²) in [6.45, 7) is 3.66. The van der Waals surface area contributed by atoms with Crippen LogP contribution in [-0.2, 0) is 0 Å². The third kappa shape index (κ3) is 2.15. The molecule has 0 saturated heterocycles. The minimum absolute atomic E-state index is 0.267. The molecule has 0 aliphatic heterocycles. The van der Waals surface area contributed by atoms with E-state index < -0.39 is 5.97 Å². The van der Waals surface area contributed by atoms with Gasteiger partial charge in [-0.25, -0.2) is 14.8 Å². The highest BCUT2D eigenvalue weighted by molar-refractivity contribution is 5.96. The molecule has 0 radical (unpaired) electrons. The number of benzene rings is 1. The number of nitrogens with zero attached hydrogens (tertiary/aromatic N) is 2. The number of aromatic nitrogens is 2. The lowest BCUT2D eigenvalue weighted by atomic mass is 10.00. The molecule has 0 saturated carbocycles. The van der Waals surface area contributed by atoms with Gasteiger partial charge in [-0.2, -0.15) is 0 Å². The van der Waals surface area contributed by atoms with Crippen molar-refractivity contribution in [1.82, 2.24) is 9.97 Å². The molecule has 0 atom stereocenters. The summed E-state index contributed by atoms with van der Waals surface area (Å²) in [6.07, 6.45) is 1.67. The van der Waals surface area contributed by atoms with Gasteiger partial charge in [-0.3, -0.25) is 0 Å². The molecule has 1 heterocycles. The first kappa shape index (κ1) is 11.3.